The van der Waals surface area contributed by atoms with Crippen molar-refractivity contribution in [2.75, 3.05) is 17.7 Å². The van der Waals surface area contributed by atoms with Gasteiger partial charge in [-0.3, -0.25) is 10.1 Å². The van der Waals surface area contributed by atoms with Crippen molar-refractivity contribution in [1.29, 1.82) is 0 Å². The Bertz CT molecular complexity index is 955. The first-order valence-electron chi connectivity index (χ1n) is 9.46. The molecule has 0 saturated carbocycles. The number of aryl methyl sites for hydroxylation is 2. The Morgan fingerprint density at radius 3 is 2.62 bits per heavy atom. The van der Waals surface area contributed by atoms with Crippen molar-refractivity contribution in [2.24, 2.45) is 0 Å². The van der Waals surface area contributed by atoms with Crippen molar-refractivity contribution in [2.45, 2.75) is 45.4 Å². The Morgan fingerprint density at radius 1 is 1.21 bits per heavy atom. The second-order valence-corrected chi connectivity index (χ2v) is 8.48. The minimum atomic E-state index is -0.450. The molecule has 1 aliphatic carbocycles. The van der Waals surface area contributed by atoms with Crippen LogP contribution in [0.5, 0.6) is 0 Å². The normalized spacial score (nSPS) is 13.6. The number of carbonyl (C=O) groups is 1. The van der Waals surface area contributed by atoms with E-state index in [1.54, 1.807) is 19.1 Å². The van der Waals surface area contributed by atoms with E-state index in [1.165, 1.54) is 35.8 Å². The quantitative estimate of drug-likeness (QED) is 0.295. The number of hydrogen-bond acceptors (Lipinski definition) is 6. The van der Waals surface area contributed by atoms with Gasteiger partial charge >= 0.3 is 5.97 Å². The van der Waals surface area contributed by atoms with Gasteiger partial charge in [0.25, 0.3) is 5.69 Å². The molecular weight excluding hydrogens is 410 g/mol. The molecule has 2 aromatic rings. The van der Waals surface area contributed by atoms with Gasteiger partial charge in [0.15, 0.2) is 5.11 Å². The first kappa shape index (κ1) is 21.2. The lowest BCUT2D eigenvalue weighted by Gasteiger charge is -2.12. The molecule has 9 heteroatoms. The zero-order chi connectivity index (χ0) is 21.0. The minimum absolute atomic E-state index is 0.0548. The maximum absolute atomic E-state index is 12.5. The molecule has 29 heavy (non-hydrogen) atoms. The first-order valence-corrected chi connectivity index (χ1v) is 10.7. The molecule has 0 bridgehead atoms. The lowest BCUT2D eigenvalue weighted by Crippen LogP contribution is -2.21. The minimum Gasteiger partial charge on any atom is -0.465 e. The molecule has 0 saturated heterocycles. The summed E-state index contributed by atoms with van der Waals surface area (Å²) >= 11 is 6.89. The van der Waals surface area contributed by atoms with Crippen LogP contribution in [-0.4, -0.2) is 23.1 Å². The summed E-state index contributed by atoms with van der Waals surface area (Å²) in [6.07, 6.45) is 6.22. The second-order valence-electron chi connectivity index (χ2n) is 6.97. The number of nitro benzene ring substituents is 1. The SMILES string of the molecule is COC(=O)c1c(NC(=S)Nc2ccc(C)cc2[N+](=O)[O-])sc2c1CCCCCC2. The van der Waals surface area contributed by atoms with Crippen LogP contribution in [0.4, 0.5) is 16.4 Å². The molecule has 0 unspecified atom stereocenters. The lowest BCUT2D eigenvalue weighted by atomic mass is 9.96. The Morgan fingerprint density at radius 2 is 1.93 bits per heavy atom. The number of hydrogen-bond donors (Lipinski definition) is 2. The highest BCUT2D eigenvalue weighted by Crippen LogP contribution is 2.37. The molecule has 0 spiro atoms. The van der Waals surface area contributed by atoms with Crippen LogP contribution in [0.3, 0.4) is 0 Å². The van der Waals surface area contributed by atoms with E-state index in [4.69, 9.17) is 17.0 Å². The lowest BCUT2D eigenvalue weighted by molar-refractivity contribution is -0.383. The molecule has 0 radical (unpaired) electrons. The number of thiophene rings is 1. The number of nitrogens with zero attached hydrogens (tertiary/aromatic N) is 1. The third-order valence-electron chi connectivity index (χ3n) is 4.89. The van der Waals surface area contributed by atoms with Crippen LogP contribution in [0.15, 0.2) is 18.2 Å². The number of anilines is 2. The fourth-order valence-corrected chi connectivity index (χ4v) is 5.04. The summed E-state index contributed by atoms with van der Waals surface area (Å²) in [4.78, 5) is 24.5. The number of nitrogens with one attached hydrogen (secondary N) is 2. The Labute approximate surface area is 178 Å². The van der Waals surface area contributed by atoms with E-state index in [-0.39, 0.29) is 10.8 Å². The van der Waals surface area contributed by atoms with Gasteiger partial charge in [0.2, 0.25) is 0 Å². The van der Waals surface area contributed by atoms with Gasteiger partial charge in [0.1, 0.15) is 10.7 Å². The van der Waals surface area contributed by atoms with Crippen LogP contribution < -0.4 is 10.6 Å². The van der Waals surface area contributed by atoms with E-state index < -0.39 is 10.9 Å². The molecule has 154 valence electrons. The summed E-state index contributed by atoms with van der Waals surface area (Å²) < 4.78 is 5.01. The number of ether oxygens (including phenoxy) is 1. The zero-order valence-electron chi connectivity index (χ0n) is 16.4. The van der Waals surface area contributed by atoms with Crippen LogP contribution >= 0.6 is 23.6 Å². The number of methoxy groups -OCH3 is 1. The van der Waals surface area contributed by atoms with E-state index in [0.29, 0.717) is 16.3 Å². The Hall–Kier alpha value is -2.52. The second kappa shape index (κ2) is 9.32. The van der Waals surface area contributed by atoms with Gasteiger partial charge in [0.05, 0.1) is 17.6 Å². The van der Waals surface area contributed by atoms with Crippen LogP contribution in [0.1, 0.15) is 52.0 Å². The number of benzene rings is 1. The molecule has 0 atom stereocenters. The fraction of sp³-hybridized carbons (Fsp3) is 0.400. The van der Waals surface area contributed by atoms with Crippen molar-refractivity contribution in [1.82, 2.24) is 0 Å². The number of nitro groups is 1. The number of esters is 1. The van der Waals surface area contributed by atoms with Crippen molar-refractivity contribution in [3.8, 4) is 0 Å². The zero-order valence-corrected chi connectivity index (χ0v) is 18.0. The van der Waals surface area contributed by atoms with Crippen molar-refractivity contribution < 1.29 is 14.5 Å². The van der Waals surface area contributed by atoms with Gasteiger partial charge in [-0.25, -0.2) is 4.79 Å². The molecule has 0 aliphatic heterocycles. The van der Waals surface area contributed by atoms with E-state index >= 15 is 0 Å². The van der Waals surface area contributed by atoms with E-state index in [1.807, 2.05) is 0 Å². The molecule has 0 amide bonds. The monoisotopic (exact) mass is 433 g/mol. The van der Waals surface area contributed by atoms with Crippen molar-refractivity contribution in [3.63, 3.8) is 0 Å². The first-order chi connectivity index (χ1) is 13.9. The van der Waals surface area contributed by atoms with Crippen LogP contribution in [0.2, 0.25) is 0 Å². The third kappa shape index (κ3) is 4.91. The molecule has 1 aromatic heterocycles. The maximum Gasteiger partial charge on any atom is 0.341 e. The summed E-state index contributed by atoms with van der Waals surface area (Å²) in [6, 6.07) is 4.88. The number of fused-ring (bicyclic) bond motifs is 1. The Balaban J connectivity index is 1.88. The van der Waals surface area contributed by atoms with Crippen molar-refractivity contribution in [3.05, 3.63) is 49.9 Å². The standard InChI is InChI=1S/C20H23N3O4S2/c1-12-9-10-14(15(11-12)23(25)26)21-20(28)22-18-17(19(24)27-2)13-7-5-3-4-6-8-16(13)29-18/h9-11H,3-8H2,1-2H3,(H2,21,22,28). The summed E-state index contributed by atoms with van der Waals surface area (Å²) in [6.45, 7) is 1.79. The topological polar surface area (TPSA) is 93.5 Å². The smallest absolute Gasteiger partial charge is 0.341 e. The molecule has 0 fully saturated rings. The Kier molecular flexibility index (Phi) is 6.81. The van der Waals surface area contributed by atoms with Crippen LogP contribution in [-0.2, 0) is 17.6 Å². The summed E-state index contributed by atoms with van der Waals surface area (Å²) in [5.41, 5.74) is 2.59. The average Bonchev–Trinajstić information content (AvgIpc) is 2.98. The van der Waals surface area contributed by atoms with Gasteiger partial charge in [-0.1, -0.05) is 18.9 Å². The largest absolute Gasteiger partial charge is 0.465 e. The predicted octanol–water partition coefficient (Wildman–Crippen LogP) is 5.22. The van der Waals surface area contributed by atoms with Gasteiger partial charge in [-0.05, 0) is 62.0 Å². The number of thiocarbonyl (C=S) groups is 1. The molecular formula is C20H23N3O4S2. The van der Waals surface area contributed by atoms with E-state index in [9.17, 15) is 14.9 Å². The van der Waals surface area contributed by atoms with Gasteiger partial charge in [-0.15, -0.1) is 11.3 Å². The number of rotatable bonds is 4. The predicted molar refractivity (Wildman–Crippen MR) is 119 cm³/mol. The van der Waals surface area contributed by atoms with Gasteiger partial charge in [0, 0.05) is 10.9 Å². The van der Waals surface area contributed by atoms with Gasteiger partial charge < -0.3 is 15.4 Å². The average molecular weight is 434 g/mol. The number of carbonyl (C=O) groups excluding carboxylic acids is 1. The highest BCUT2D eigenvalue weighted by Gasteiger charge is 2.25. The maximum atomic E-state index is 12.5. The van der Waals surface area contributed by atoms with Crippen LogP contribution in [0, 0.1) is 17.0 Å². The van der Waals surface area contributed by atoms with Gasteiger partial charge in [-0.2, -0.15) is 0 Å². The third-order valence-corrected chi connectivity index (χ3v) is 6.30. The van der Waals surface area contributed by atoms with Crippen molar-refractivity contribution >= 4 is 51.0 Å². The fourth-order valence-electron chi connectivity index (χ4n) is 3.48. The molecule has 1 heterocycles. The highest BCUT2D eigenvalue weighted by atomic mass is 32.1. The summed E-state index contributed by atoms with van der Waals surface area (Å²) in [5.74, 6) is -0.394. The summed E-state index contributed by atoms with van der Waals surface area (Å²) in [7, 11) is 1.37. The molecule has 7 nitrogen and oxygen atoms in total. The van der Waals surface area contributed by atoms with Crippen LogP contribution in [0.25, 0.3) is 0 Å². The molecule has 1 aromatic carbocycles. The van der Waals surface area contributed by atoms with E-state index in [2.05, 4.69) is 10.6 Å². The molecule has 1 aliphatic rings. The van der Waals surface area contributed by atoms with E-state index in [0.717, 1.165) is 43.2 Å². The molecule has 3 rings (SSSR count). The highest BCUT2D eigenvalue weighted by molar-refractivity contribution is 7.80. The summed E-state index contributed by atoms with van der Waals surface area (Å²) in [5, 5.41) is 18.1. The molecule has 2 N–H and O–H groups in total.